The minimum Gasteiger partial charge on any atom is -0.374 e. The van der Waals surface area contributed by atoms with Gasteiger partial charge < -0.3 is 20.7 Å². The van der Waals surface area contributed by atoms with Crippen LogP contribution in [0.25, 0.3) is 0 Å². The van der Waals surface area contributed by atoms with E-state index in [0.29, 0.717) is 6.54 Å². The second-order valence-electron chi connectivity index (χ2n) is 4.69. The number of carbonyl (C=O) groups excluding carboxylic acids is 1. The van der Waals surface area contributed by atoms with Crippen LogP contribution in [0, 0.1) is 0 Å². The topological polar surface area (TPSA) is 67.6 Å². The summed E-state index contributed by atoms with van der Waals surface area (Å²) in [5, 5.41) is 2.80. The van der Waals surface area contributed by atoms with Crippen LogP contribution < -0.4 is 11.1 Å². The first-order chi connectivity index (χ1) is 6.89. The summed E-state index contributed by atoms with van der Waals surface area (Å²) in [4.78, 5) is 13.7. The average molecular weight is 215 g/mol. The van der Waals surface area contributed by atoms with Gasteiger partial charge in [0.1, 0.15) is 0 Å². The molecule has 5 nitrogen and oxygen atoms in total. The van der Waals surface area contributed by atoms with Crippen molar-refractivity contribution in [3.05, 3.63) is 0 Å². The molecule has 1 rings (SSSR count). The van der Waals surface area contributed by atoms with Crippen LogP contribution in [0.15, 0.2) is 0 Å². The van der Waals surface area contributed by atoms with E-state index in [4.69, 9.17) is 10.5 Å². The number of nitrogens with one attached hydrogen (secondary N) is 1. The lowest BCUT2D eigenvalue weighted by atomic mass is 10.1. The van der Waals surface area contributed by atoms with E-state index in [-0.39, 0.29) is 12.0 Å². The molecule has 1 aliphatic heterocycles. The summed E-state index contributed by atoms with van der Waals surface area (Å²) in [6.45, 7) is 6.44. The molecule has 0 spiro atoms. The molecule has 0 aromatic carbocycles. The maximum Gasteiger partial charge on any atom is 0.239 e. The smallest absolute Gasteiger partial charge is 0.239 e. The lowest BCUT2D eigenvalue weighted by molar-refractivity contribution is -0.126. The fraction of sp³-hybridized carbons (Fsp3) is 0.900. The second-order valence-corrected chi connectivity index (χ2v) is 4.69. The normalized spacial score (nSPS) is 23.9. The number of nitrogens with two attached hydrogens (primary N) is 1. The highest BCUT2D eigenvalue weighted by atomic mass is 16.5. The van der Waals surface area contributed by atoms with Gasteiger partial charge in [-0.3, -0.25) is 4.79 Å². The maximum atomic E-state index is 11.5. The minimum absolute atomic E-state index is 0.0787. The van der Waals surface area contributed by atoms with Crippen molar-refractivity contribution < 1.29 is 9.53 Å². The molecule has 1 fully saturated rings. The third kappa shape index (κ3) is 4.15. The van der Waals surface area contributed by atoms with Gasteiger partial charge in [0.25, 0.3) is 0 Å². The van der Waals surface area contributed by atoms with Crippen molar-refractivity contribution in [1.29, 1.82) is 0 Å². The number of ether oxygens (including phenoxy) is 1. The quantitative estimate of drug-likeness (QED) is 0.645. The Bertz CT molecular complexity index is 225. The summed E-state index contributed by atoms with van der Waals surface area (Å²) in [6, 6.07) is 0. The van der Waals surface area contributed by atoms with Crippen molar-refractivity contribution >= 4 is 5.91 Å². The molecule has 1 atom stereocenters. The number of hydrogen-bond donors (Lipinski definition) is 2. The van der Waals surface area contributed by atoms with Gasteiger partial charge in [0, 0.05) is 19.6 Å². The van der Waals surface area contributed by atoms with E-state index in [2.05, 4.69) is 10.2 Å². The highest BCUT2D eigenvalue weighted by Gasteiger charge is 2.24. The standard InChI is InChI=1S/C10H21N3O2/c1-10(2,11)9(14)12-6-8-7-13(3)4-5-15-8/h8H,4-7,11H2,1-3H3,(H,12,14). The van der Waals surface area contributed by atoms with Crippen molar-refractivity contribution in [2.45, 2.75) is 25.5 Å². The van der Waals surface area contributed by atoms with Gasteiger partial charge >= 0.3 is 0 Å². The number of nitrogens with zero attached hydrogens (tertiary/aromatic N) is 1. The van der Waals surface area contributed by atoms with Crippen molar-refractivity contribution in [3.8, 4) is 0 Å². The van der Waals surface area contributed by atoms with Crippen LogP contribution in [-0.4, -0.2) is 55.7 Å². The van der Waals surface area contributed by atoms with Crippen LogP contribution in [-0.2, 0) is 9.53 Å². The molecular formula is C10H21N3O2. The summed E-state index contributed by atoms with van der Waals surface area (Å²) in [5.41, 5.74) is 4.84. The van der Waals surface area contributed by atoms with Crippen LogP contribution in [0.2, 0.25) is 0 Å². The lowest BCUT2D eigenvalue weighted by Gasteiger charge is -2.30. The molecular weight excluding hydrogens is 194 g/mol. The molecule has 15 heavy (non-hydrogen) atoms. The fourth-order valence-electron chi connectivity index (χ4n) is 1.42. The van der Waals surface area contributed by atoms with E-state index >= 15 is 0 Å². The summed E-state index contributed by atoms with van der Waals surface area (Å²) in [7, 11) is 2.05. The zero-order valence-electron chi connectivity index (χ0n) is 9.75. The van der Waals surface area contributed by atoms with E-state index in [1.807, 2.05) is 7.05 Å². The van der Waals surface area contributed by atoms with E-state index in [1.165, 1.54) is 0 Å². The fourth-order valence-corrected chi connectivity index (χ4v) is 1.42. The Labute approximate surface area is 90.9 Å². The van der Waals surface area contributed by atoms with Crippen molar-refractivity contribution in [1.82, 2.24) is 10.2 Å². The molecule has 88 valence electrons. The van der Waals surface area contributed by atoms with Gasteiger partial charge in [0.05, 0.1) is 18.2 Å². The van der Waals surface area contributed by atoms with Gasteiger partial charge in [-0.1, -0.05) is 0 Å². The molecule has 1 amide bonds. The summed E-state index contributed by atoms with van der Waals surface area (Å²) in [6.07, 6.45) is 0.0787. The Morgan fingerprint density at radius 3 is 2.87 bits per heavy atom. The third-order valence-electron chi connectivity index (χ3n) is 2.42. The van der Waals surface area contributed by atoms with Crippen LogP contribution in [0.5, 0.6) is 0 Å². The molecule has 3 N–H and O–H groups in total. The average Bonchev–Trinajstić information content (AvgIpc) is 2.12. The van der Waals surface area contributed by atoms with Gasteiger partial charge in [-0.15, -0.1) is 0 Å². The van der Waals surface area contributed by atoms with Crippen molar-refractivity contribution in [2.75, 3.05) is 33.3 Å². The predicted octanol–water partition coefficient (Wildman–Crippen LogP) is -0.829. The van der Waals surface area contributed by atoms with E-state index in [0.717, 1.165) is 19.7 Å². The zero-order chi connectivity index (χ0) is 11.5. The Morgan fingerprint density at radius 2 is 2.33 bits per heavy atom. The Balaban J connectivity index is 2.28. The number of hydrogen-bond acceptors (Lipinski definition) is 4. The van der Waals surface area contributed by atoms with Gasteiger partial charge in [0.15, 0.2) is 0 Å². The molecule has 0 aromatic rings. The monoisotopic (exact) mass is 215 g/mol. The van der Waals surface area contributed by atoms with E-state index in [9.17, 15) is 4.79 Å². The number of rotatable bonds is 3. The first kappa shape index (κ1) is 12.4. The van der Waals surface area contributed by atoms with Crippen LogP contribution in [0.4, 0.5) is 0 Å². The third-order valence-corrected chi connectivity index (χ3v) is 2.42. The molecule has 1 aliphatic rings. The Morgan fingerprint density at radius 1 is 1.67 bits per heavy atom. The first-order valence-corrected chi connectivity index (χ1v) is 5.27. The Kier molecular flexibility index (Phi) is 4.07. The predicted molar refractivity (Wildman–Crippen MR) is 58.5 cm³/mol. The van der Waals surface area contributed by atoms with Crippen molar-refractivity contribution in [3.63, 3.8) is 0 Å². The van der Waals surface area contributed by atoms with Gasteiger partial charge in [0.2, 0.25) is 5.91 Å². The van der Waals surface area contributed by atoms with Crippen LogP contribution in [0.1, 0.15) is 13.8 Å². The molecule has 1 unspecified atom stereocenters. The lowest BCUT2D eigenvalue weighted by Crippen LogP contribution is -2.53. The molecule has 1 saturated heterocycles. The summed E-state index contributed by atoms with van der Waals surface area (Å²) < 4.78 is 5.51. The zero-order valence-corrected chi connectivity index (χ0v) is 9.75. The van der Waals surface area contributed by atoms with Crippen LogP contribution in [0.3, 0.4) is 0 Å². The van der Waals surface area contributed by atoms with E-state index in [1.54, 1.807) is 13.8 Å². The molecule has 0 radical (unpaired) electrons. The number of amides is 1. The Hall–Kier alpha value is -0.650. The number of morpholine rings is 1. The molecule has 0 aliphatic carbocycles. The largest absolute Gasteiger partial charge is 0.374 e. The van der Waals surface area contributed by atoms with Gasteiger partial charge in [-0.2, -0.15) is 0 Å². The highest BCUT2D eigenvalue weighted by molar-refractivity contribution is 5.85. The molecule has 0 aromatic heterocycles. The maximum absolute atomic E-state index is 11.5. The first-order valence-electron chi connectivity index (χ1n) is 5.27. The molecule has 0 bridgehead atoms. The second kappa shape index (κ2) is 4.92. The molecule has 0 saturated carbocycles. The highest BCUT2D eigenvalue weighted by Crippen LogP contribution is 2.02. The van der Waals surface area contributed by atoms with Crippen molar-refractivity contribution in [2.24, 2.45) is 5.73 Å². The molecule has 5 heteroatoms. The van der Waals surface area contributed by atoms with Gasteiger partial charge in [-0.05, 0) is 20.9 Å². The SMILES string of the molecule is CN1CCOC(CNC(=O)C(C)(C)N)C1. The molecule has 1 heterocycles. The van der Waals surface area contributed by atoms with Gasteiger partial charge in [-0.25, -0.2) is 0 Å². The number of likely N-dealkylation sites (N-methyl/N-ethyl adjacent to an activating group) is 1. The van der Waals surface area contributed by atoms with E-state index < -0.39 is 5.54 Å². The number of carbonyl (C=O) groups is 1. The van der Waals surface area contributed by atoms with Crippen LogP contribution >= 0.6 is 0 Å². The summed E-state index contributed by atoms with van der Waals surface area (Å²) in [5.74, 6) is -0.140. The summed E-state index contributed by atoms with van der Waals surface area (Å²) >= 11 is 0. The minimum atomic E-state index is -0.819.